The van der Waals surface area contributed by atoms with E-state index in [1.54, 1.807) is 20.8 Å². The van der Waals surface area contributed by atoms with E-state index in [1.807, 2.05) is 0 Å². The molecular formula is C17H25N5O5S. The smallest absolute Gasteiger partial charge is 0.251 e. The summed E-state index contributed by atoms with van der Waals surface area (Å²) in [6.07, 6.45) is 2.33. The van der Waals surface area contributed by atoms with E-state index in [-0.39, 0.29) is 17.3 Å². The Bertz CT molecular complexity index is 962. The second-order valence-corrected chi connectivity index (χ2v) is 8.05. The predicted molar refractivity (Wildman–Crippen MR) is 101 cm³/mol. The summed E-state index contributed by atoms with van der Waals surface area (Å²) in [4.78, 5) is 28.2. The van der Waals surface area contributed by atoms with Crippen LogP contribution >= 0.6 is 0 Å². The third-order valence-corrected chi connectivity index (χ3v) is 6.11. The highest BCUT2D eigenvalue weighted by Gasteiger charge is 2.22. The molecular weight excluding hydrogens is 386 g/mol. The lowest BCUT2D eigenvalue weighted by molar-refractivity contribution is -0.121. The Balaban J connectivity index is 1.97. The zero-order valence-electron chi connectivity index (χ0n) is 16.2. The van der Waals surface area contributed by atoms with Crippen LogP contribution in [0.1, 0.15) is 32.0 Å². The van der Waals surface area contributed by atoms with E-state index >= 15 is 0 Å². The summed E-state index contributed by atoms with van der Waals surface area (Å²) in [6.45, 7) is 5.93. The van der Waals surface area contributed by atoms with Crippen molar-refractivity contribution in [3.8, 4) is 0 Å². The highest BCUT2D eigenvalue weighted by molar-refractivity contribution is 7.89. The SMILES string of the molecule is CCN(CC)S(=O)(=O)c1ccc(=O)n(CC(=O)NCCCc2nc(C)no2)c1. The average Bonchev–Trinajstić information content (AvgIpc) is 3.06. The van der Waals surface area contributed by atoms with Crippen molar-refractivity contribution >= 4 is 15.9 Å². The lowest BCUT2D eigenvalue weighted by Gasteiger charge is -2.19. The van der Waals surface area contributed by atoms with Crippen LogP contribution in [0, 0.1) is 6.92 Å². The molecule has 0 bridgehead atoms. The van der Waals surface area contributed by atoms with Gasteiger partial charge in [-0.1, -0.05) is 19.0 Å². The molecule has 0 aromatic carbocycles. The summed E-state index contributed by atoms with van der Waals surface area (Å²) in [7, 11) is -3.71. The minimum Gasteiger partial charge on any atom is -0.355 e. The van der Waals surface area contributed by atoms with Gasteiger partial charge in [-0.2, -0.15) is 9.29 Å². The van der Waals surface area contributed by atoms with E-state index in [2.05, 4.69) is 15.5 Å². The monoisotopic (exact) mass is 411 g/mol. The number of pyridine rings is 1. The normalized spacial score (nSPS) is 11.7. The maximum atomic E-state index is 12.6. The molecule has 1 amide bonds. The van der Waals surface area contributed by atoms with E-state index in [1.165, 1.54) is 16.6 Å². The van der Waals surface area contributed by atoms with Gasteiger partial charge in [-0.3, -0.25) is 9.59 Å². The predicted octanol–water partition coefficient (Wildman–Crippen LogP) is 0.319. The molecule has 1 N–H and O–H groups in total. The molecule has 2 aromatic heterocycles. The first-order valence-corrected chi connectivity index (χ1v) is 10.5. The molecule has 0 unspecified atom stereocenters. The van der Waals surface area contributed by atoms with Gasteiger partial charge in [0.1, 0.15) is 6.54 Å². The van der Waals surface area contributed by atoms with Crippen molar-refractivity contribution in [2.45, 2.75) is 45.1 Å². The summed E-state index contributed by atoms with van der Waals surface area (Å²) >= 11 is 0. The average molecular weight is 411 g/mol. The number of carbonyl (C=O) groups is 1. The fourth-order valence-corrected chi connectivity index (χ4v) is 4.10. The maximum absolute atomic E-state index is 12.6. The highest BCUT2D eigenvalue weighted by atomic mass is 32.2. The van der Waals surface area contributed by atoms with Crippen LogP contribution in [0.2, 0.25) is 0 Å². The first-order valence-electron chi connectivity index (χ1n) is 9.04. The molecule has 0 spiro atoms. The Labute approximate surface area is 163 Å². The van der Waals surface area contributed by atoms with Crippen LogP contribution in [-0.4, -0.2) is 53.0 Å². The van der Waals surface area contributed by atoms with Crippen molar-refractivity contribution in [2.75, 3.05) is 19.6 Å². The third kappa shape index (κ3) is 5.49. The second-order valence-electron chi connectivity index (χ2n) is 6.11. The van der Waals surface area contributed by atoms with E-state index in [0.29, 0.717) is 44.2 Å². The molecule has 0 atom stereocenters. The molecule has 0 aliphatic rings. The molecule has 2 aromatic rings. The fraction of sp³-hybridized carbons (Fsp3) is 0.529. The summed E-state index contributed by atoms with van der Waals surface area (Å²) in [6, 6.07) is 2.42. The van der Waals surface area contributed by atoms with Crippen LogP contribution in [-0.2, 0) is 27.8 Å². The molecule has 0 aliphatic heterocycles. The quantitative estimate of drug-likeness (QED) is 0.558. The van der Waals surface area contributed by atoms with Gasteiger partial charge in [0.05, 0.1) is 4.90 Å². The lowest BCUT2D eigenvalue weighted by Crippen LogP contribution is -2.34. The van der Waals surface area contributed by atoms with Gasteiger partial charge in [-0.05, 0) is 19.4 Å². The van der Waals surface area contributed by atoms with Crippen LogP contribution in [0.5, 0.6) is 0 Å². The largest absolute Gasteiger partial charge is 0.355 e. The van der Waals surface area contributed by atoms with Crippen LogP contribution in [0.4, 0.5) is 0 Å². The Morgan fingerprint density at radius 1 is 1.29 bits per heavy atom. The lowest BCUT2D eigenvalue weighted by atomic mass is 10.3. The first kappa shape index (κ1) is 21.8. The van der Waals surface area contributed by atoms with Crippen molar-refractivity contribution in [1.82, 2.24) is 24.3 Å². The summed E-state index contributed by atoms with van der Waals surface area (Å²) in [5.41, 5.74) is -0.449. The van der Waals surface area contributed by atoms with Crippen molar-refractivity contribution < 1.29 is 17.7 Å². The van der Waals surface area contributed by atoms with Gasteiger partial charge in [0.2, 0.25) is 21.8 Å². The van der Waals surface area contributed by atoms with Crippen LogP contribution in [0.25, 0.3) is 0 Å². The molecule has 11 heteroatoms. The number of aromatic nitrogens is 3. The van der Waals surface area contributed by atoms with Gasteiger partial charge < -0.3 is 14.4 Å². The van der Waals surface area contributed by atoms with E-state index in [4.69, 9.17) is 4.52 Å². The van der Waals surface area contributed by atoms with Crippen molar-refractivity contribution in [3.05, 3.63) is 40.4 Å². The summed E-state index contributed by atoms with van der Waals surface area (Å²) in [5.74, 6) is 0.663. The molecule has 28 heavy (non-hydrogen) atoms. The molecule has 2 rings (SSSR count). The maximum Gasteiger partial charge on any atom is 0.251 e. The Kier molecular flexibility index (Phi) is 7.46. The molecule has 2 heterocycles. The highest BCUT2D eigenvalue weighted by Crippen LogP contribution is 2.13. The Morgan fingerprint density at radius 2 is 2.00 bits per heavy atom. The van der Waals surface area contributed by atoms with Gasteiger partial charge in [-0.15, -0.1) is 0 Å². The summed E-state index contributed by atoms with van der Waals surface area (Å²) < 4.78 is 32.5. The topological polar surface area (TPSA) is 127 Å². The number of carbonyl (C=O) groups excluding carboxylic acids is 1. The molecule has 10 nitrogen and oxygen atoms in total. The minimum atomic E-state index is -3.71. The number of sulfonamides is 1. The number of nitrogens with zero attached hydrogens (tertiary/aromatic N) is 4. The van der Waals surface area contributed by atoms with E-state index in [0.717, 1.165) is 10.6 Å². The first-order chi connectivity index (χ1) is 13.3. The molecule has 0 aliphatic carbocycles. The number of hydrogen-bond donors (Lipinski definition) is 1. The Hall–Kier alpha value is -2.53. The number of amides is 1. The number of aryl methyl sites for hydroxylation is 2. The number of rotatable bonds is 10. The van der Waals surface area contributed by atoms with Crippen molar-refractivity contribution in [3.63, 3.8) is 0 Å². The zero-order valence-corrected chi connectivity index (χ0v) is 17.0. The molecule has 0 fully saturated rings. The van der Waals surface area contributed by atoms with Gasteiger partial charge in [0, 0.05) is 38.3 Å². The van der Waals surface area contributed by atoms with Gasteiger partial charge in [-0.25, -0.2) is 8.42 Å². The molecule has 0 radical (unpaired) electrons. The minimum absolute atomic E-state index is 0.0182. The van der Waals surface area contributed by atoms with Crippen LogP contribution in [0.3, 0.4) is 0 Å². The number of hydrogen-bond acceptors (Lipinski definition) is 7. The molecule has 154 valence electrons. The summed E-state index contributed by atoms with van der Waals surface area (Å²) in [5, 5.41) is 6.37. The Morgan fingerprint density at radius 3 is 2.61 bits per heavy atom. The number of nitrogens with one attached hydrogen (secondary N) is 1. The van der Waals surface area contributed by atoms with Gasteiger partial charge in [0.25, 0.3) is 5.56 Å². The molecule has 0 saturated carbocycles. The van der Waals surface area contributed by atoms with Gasteiger partial charge in [0.15, 0.2) is 5.82 Å². The standard InChI is InChI=1S/C17H25N5O5S/c1-4-22(5-2)28(25,26)14-8-9-17(24)21(11-14)12-15(23)18-10-6-7-16-19-13(3)20-27-16/h8-9,11H,4-7,10,12H2,1-3H3,(H,18,23). The van der Waals surface area contributed by atoms with Crippen molar-refractivity contribution in [1.29, 1.82) is 0 Å². The van der Waals surface area contributed by atoms with Crippen LogP contribution < -0.4 is 10.9 Å². The van der Waals surface area contributed by atoms with Crippen LogP contribution in [0.15, 0.2) is 32.5 Å². The zero-order chi connectivity index (χ0) is 20.7. The van der Waals surface area contributed by atoms with E-state index < -0.39 is 15.6 Å². The van der Waals surface area contributed by atoms with Crippen molar-refractivity contribution in [2.24, 2.45) is 0 Å². The molecule has 0 saturated heterocycles. The van der Waals surface area contributed by atoms with Gasteiger partial charge >= 0.3 is 0 Å². The van der Waals surface area contributed by atoms with E-state index in [9.17, 15) is 18.0 Å². The fourth-order valence-electron chi connectivity index (χ4n) is 2.62. The third-order valence-electron chi connectivity index (χ3n) is 4.07. The second kappa shape index (κ2) is 9.60.